The molecule has 0 bridgehead atoms. The van der Waals surface area contributed by atoms with Crippen molar-refractivity contribution >= 4 is 52.2 Å². The molecular formula is C29H23ClF3N3O3S. The Hall–Kier alpha value is -3.76. The zero-order valence-electron chi connectivity index (χ0n) is 21.0. The Morgan fingerprint density at radius 3 is 2.38 bits per heavy atom. The predicted molar refractivity (Wildman–Crippen MR) is 149 cm³/mol. The van der Waals surface area contributed by atoms with Crippen LogP contribution >= 0.6 is 23.4 Å². The van der Waals surface area contributed by atoms with E-state index in [4.69, 9.17) is 11.6 Å². The van der Waals surface area contributed by atoms with E-state index < -0.39 is 17.6 Å². The van der Waals surface area contributed by atoms with Crippen molar-refractivity contribution in [3.8, 4) is 0 Å². The summed E-state index contributed by atoms with van der Waals surface area (Å²) in [6.07, 6.45) is -2.83. The number of carbonyl (C=O) groups excluding carboxylic acids is 3. The second-order valence-electron chi connectivity index (χ2n) is 9.35. The smallest absolute Gasteiger partial charge is 0.368 e. The number of carbonyl (C=O) groups is 3. The van der Waals surface area contributed by atoms with Crippen molar-refractivity contribution in [1.82, 2.24) is 9.80 Å². The Morgan fingerprint density at radius 1 is 0.925 bits per heavy atom. The number of halogens is 4. The van der Waals surface area contributed by atoms with Crippen molar-refractivity contribution in [2.24, 2.45) is 0 Å². The van der Waals surface area contributed by atoms with Crippen LogP contribution in [0, 0.1) is 0 Å². The first kappa shape index (κ1) is 27.8. The van der Waals surface area contributed by atoms with Gasteiger partial charge < -0.3 is 9.80 Å². The van der Waals surface area contributed by atoms with Crippen LogP contribution in [0.2, 0.25) is 5.02 Å². The number of amides is 3. The van der Waals surface area contributed by atoms with Crippen molar-refractivity contribution in [3.05, 3.63) is 105 Å². The second-order valence-corrected chi connectivity index (χ2v) is 10.8. The van der Waals surface area contributed by atoms with E-state index in [0.717, 1.165) is 34.4 Å². The molecule has 0 unspecified atom stereocenters. The highest BCUT2D eigenvalue weighted by Crippen LogP contribution is 2.34. The molecule has 0 spiro atoms. The molecular weight excluding hydrogens is 563 g/mol. The summed E-state index contributed by atoms with van der Waals surface area (Å²) < 4.78 is 39.3. The molecule has 0 aromatic heterocycles. The number of thioether (sulfide) groups is 1. The van der Waals surface area contributed by atoms with Crippen molar-refractivity contribution in [2.45, 2.75) is 12.7 Å². The fraction of sp³-hybridized carbons (Fsp3) is 0.207. The van der Waals surface area contributed by atoms with E-state index in [1.165, 1.54) is 6.07 Å². The molecule has 0 radical (unpaired) electrons. The molecule has 0 atom stereocenters. The molecule has 2 heterocycles. The summed E-state index contributed by atoms with van der Waals surface area (Å²) in [4.78, 5) is 43.6. The summed E-state index contributed by atoms with van der Waals surface area (Å²) >= 11 is 6.85. The summed E-state index contributed by atoms with van der Waals surface area (Å²) in [5, 5.41) is 0.126. The topological polar surface area (TPSA) is 60.9 Å². The molecule has 5 rings (SSSR count). The highest BCUT2D eigenvalue weighted by Gasteiger charge is 2.35. The predicted octanol–water partition coefficient (Wildman–Crippen LogP) is 6.56. The first-order valence-electron chi connectivity index (χ1n) is 12.4. The maximum atomic E-state index is 13.2. The fourth-order valence-electron chi connectivity index (χ4n) is 4.60. The Kier molecular flexibility index (Phi) is 7.91. The average Bonchev–Trinajstić information content (AvgIpc) is 3.19. The van der Waals surface area contributed by atoms with E-state index in [2.05, 4.69) is 0 Å². The number of hydrogen-bond acceptors (Lipinski definition) is 5. The molecule has 3 aromatic carbocycles. The summed E-state index contributed by atoms with van der Waals surface area (Å²) in [5.74, 6) is -0.634. The molecule has 2 fully saturated rings. The van der Waals surface area contributed by atoms with Crippen molar-refractivity contribution in [3.63, 3.8) is 0 Å². The minimum absolute atomic E-state index is 0.105. The standard InChI is InChI=1S/C29H23ClF3N3O3S/c30-23-8-2-5-20(15-23)18-36-27(38)25(40-28(36)39)16-19-4-1-6-21(14-19)26(37)35-12-10-34(11-13-35)24-9-3-7-22(17-24)29(31,32)33/h1-9,14-17H,10-13,18H2. The van der Waals surface area contributed by atoms with Crippen molar-refractivity contribution in [2.75, 3.05) is 31.1 Å². The van der Waals surface area contributed by atoms with E-state index in [1.807, 2.05) is 4.90 Å². The van der Waals surface area contributed by atoms with Gasteiger partial charge in [-0.05, 0) is 71.4 Å². The van der Waals surface area contributed by atoms with E-state index in [0.29, 0.717) is 48.0 Å². The zero-order chi connectivity index (χ0) is 28.4. The quantitative estimate of drug-likeness (QED) is 0.318. The van der Waals surface area contributed by atoms with Gasteiger partial charge in [0.25, 0.3) is 17.1 Å². The van der Waals surface area contributed by atoms with Crippen LogP contribution in [0.25, 0.3) is 6.08 Å². The summed E-state index contributed by atoms with van der Waals surface area (Å²) in [6, 6.07) is 18.9. The molecule has 3 amide bonds. The molecule has 2 aliphatic heterocycles. The normalized spacial score (nSPS) is 17.2. The number of alkyl halides is 3. The number of nitrogens with zero attached hydrogens (tertiary/aromatic N) is 3. The van der Waals surface area contributed by atoms with E-state index in [9.17, 15) is 27.6 Å². The van der Waals surface area contributed by atoms with Crippen LogP contribution in [0.1, 0.15) is 27.0 Å². The molecule has 2 saturated heterocycles. The number of imide groups is 1. The van der Waals surface area contributed by atoms with Crippen molar-refractivity contribution < 1.29 is 27.6 Å². The highest BCUT2D eigenvalue weighted by atomic mass is 35.5. The second kappa shape index (κ2) is 11.4. The fourth-order valence-corrected chi connectivity index (χ4v) is 5.65. The van der Waals surface area contributed by atoms with Gasteiger partial charge in [0.15, 0.2) is 0 Å². The van der Waals surface area contributed by atoms with Gasteiger partial charge in [0.2, 0.25) is 0 Å². The lowest BCUT2D eigenvalue weighted by molar-refractivity contribution is -0.137. The molecule has 6 nitrogen and oxygen atoms in total. The zero-order valence-corrected chi connectivity index (χ0v) is 22.6. The molecule has 0 N–H and O–H groups in total. The number of benzene rings is 3. The van der Waals surface area contributed by atoms with Crippen molar-refractivity contribution in [1.29, 1.82) is 0 Å². The molecule has 2 aliphatic rings. The highest BCUT2D eigenvalue weighted by molar-refractivity contribution is 8.18. The van der Waals surface area contributed by atoms with E-state index in [-0.39, 0.29) is 22.6 Å². The van der Waals surface area contributed by atoms with Gasteiger partial charge in [-0.25, -0.2) is 0 Å². The van der Waals surface area contributed by atoms with Gasteiger partial charge in [0.05, 0.1) is 17.0 Å². The van der Waals surface area contributed by atoms with E-state index in [1.54, 1.807) is 65.6 Å². The molecule has 40 heavy (non-hydrogen) atoms. The Balaban J connectivity index is 1.24. The Morgan fingerprint density at radius 2 is 1.65 bits per heavy atom. The maximum Gasteiger partial charge on any atom is 0.416 e. The first-order valence-corrected chi connectivity index (χ1v) is 13.6. The lowest BCUT2D eigenvalue weighted by Crippen LogP contribution is -2.48. The number of hydrogen-bond donors (Lipinski definition) is 0. The number of rotatable bonds is 5. The third-order valence-electron chi connectivity index (χ3n) is 6.64. The summed E-state index contributed by atoms with van der Waals surface area (Å²) in [5.41, 5.74) is 1.51. The van der Waals surface area contributed by atoms with Gasteiger partial charge in [-0.15, -0.1) is 0 Å². The maximum absolute atomic E-state index is 13.2. The summed E-state index contributed by atoms with van der Waals surface area (Å²) in [6.45, 7) is 1.59. The van der Waals surface area contributed by atoms with E-state index >= 15 is 0 Å². The largest absolute Gasteiger partial charge is 0.416 e. The molecule has 3 aromatic rings. The molecule has 206 valence electrons. The van der Waals surface area contributed by atoms with Gasteiger partial charge in [0, 0.05) is 42.5 Å². The van der Waals surface area contributed by atoms with Crippen LogP contribution in [0.5, 0.6) is 0 Å². The third kappa shape index (κ3) is 6.18. The van der Waals surface area contributed by atoms with Crippen LogP contribution in [0.4, 0.5) is 23.7 Å². The van der Waals surface area contributed by atoms with Gasteiger partial charge in [0.1, 0.15) is 0 Å². The van der Waals surface area contributed by atoms with Gasteiger partial charge in [-0.3, -0.25) is 19.3 Å². The summed E-state index contributed by atoms with van der Waals surface area (Å²) in [7, 11) is 0. The minimum Gasteiger partial charge on any atom is -0.368 e. The number of piperazine rings is 1. The van der Waals surface area contributed by atoms with Crippen LogP contribution in [0.15, 0.2) is 77.7 Å². The van der Waals surface area contributed by atoms with Crippen LogP contribution in [-0.2, 0) is 17.5 Å². The lowest BCUT2D eigenvalue weighted by atomic mass is 10.1. The van der Waals surface area contributed by atoms with Gasteiger partial charge >= 0.3 is 6.18 Å². The molecule has 0 saturated carbocycles. The molecule has 0 aliphatic carbocycles. The van der Waals surface area contributed by atoms with Crippen LogP contribution in [0.3, 0.4) is 0 Å². The average molecular weight is 586 g/mol. The Bertz CT molecular complexity index is 1500. The number of anilines is 1. The molecule has 11 heteroatoms. The lowest BCUT2D eigenvalue weighted by Gasteiger charge is -2.36. The first-order chi connectivity index (χ1) is 19.1. The SMILES string of the molecule is O=C(c1cccc(C=C2SC(=O)N(Cc3cccc(Cl)c3)C2=O)c1)N1CCN(c2cccc(C(F)(F)F)c2)CC1. The van der Waals surface area contributed by atoms with Crippen LogP contribution < -0.4 is 4.90 Å². The monoisotopic (exact) mass is 585 g/mol. The van der Waals surface area contributed by atoms with Gasteiger partial charge in [-0.1, -0.05) is 41.9 Å². The minimum atomic E-state index is -4.42. The van der Waals surface area contributed by atoms with Crippen LogP contribution in [-0.4, -0.2) is 53.0 Å². The van der Waals surface area contributed by atoms with Gasteiger partial charge in [-0.2, -0.15) is 13.2 Å². The third-order valence-corrected chi connectivity index (χ3v) is 7.78. The Labute approximate surface area is 238 Å².